The maximum atomic E-state index is 11.5. The van der Waals surface area contributed by atoms with E-state index in [0.717, 1.165) is 36.6 Å². The van der Waals surface area contributed by atoms with Crippen LogP contribution in [0.5, 0.6) is 0 Å². The Morgan fingerprint density at radius 3 is 2.17 bits per heavy atom. The summed E-state index contributed by atoms with van der Waals surface area (Å²) in [5.41, 5.74) is 15.7. The first-order chi connectivity index (χ1) is 25.2. The van der Waals surface area contributed by atoms with Crippen LogP contribution in [0.3, 0.4) is 0 Å². The van der Waals surface area contributed by atoms with Crippen molar-refractivity contribution in [1.29, 1.82) is 0 Å². The highest BCUT2D eigenvalue weighted by Crippen LogP contribution is 2.37. The van der Waals surface area contributed by atoms with Crippen molar-refractivity contribution in [3.63, 3.8) is 0 Å². The van der Waals surface area contributed by atoms with E-state index < -0.39 is 5.60 Å². The zero-order chi connectivity index (χ0) is 36.7. The van der Waals surface area contributed by atoms with Gasteiger partial charge in [-0.1, -0.05) is 73.3 Å². The molecule has 0 radical (unpaired) electrons. The molecule has 2 fully saturated rings. The van der Waals surface area contributed by atoms with Gasteiger partial charge >= 0.3 is 0 Å². The van der Waals surface area contributed by atoms with Crippen LogP contribution in [-0.4, -0.2) is 64.7 Å². The number of nitrogen functional groups attached to an aromatic ring is 2. The van der Waals surface area contributed by atoms with E-state index in [1.807, 2.05) is 30.1 Å². The average Bonchev–Trinajstić information content (AvgIpc) is 3.83. The SMILES string of the molecule is C=CC(=O)Nc1cccc(C2(O)CCN(c3cc(NC)nc(N)n3)C2)c1.CNc1cc(N2CCCC2c2ccc(-c3ccccc3)cc2)nc(N)n1. The van der Waals surface area contributed by atoms with Gasteiger partial charge in [-0.05, 0) is 59.7 Å². The molecular weight excluding hydrogens is 655 g/mol. The van der Waals surface area contributed by atoms with E-state index in [9.17, 15) is 9.90 Å². The van der Waals surface area contributed by atoms with Crippen molar-refractivity contribution >= 4 is 46.8 Å². The predicted octanol–water partition coefficient (Wildman–Crippen LogP) is 5.43. The summed E-state index contributed by atoms with van der Waals surface area (Å²) in [4.78, 5) is 32.8. The molecule has 268 valence electrons. The molecule has 52 heavy (non-hydrogen) atoms. The summed E-state index contributed by atoms with van der Waals surface area (Å²) < 4.78 is 0. The van der Waals surface area contributed by atoms with Crippen LogP contribution >= 0.6 is 0 Å². The molecule has 0 bridgehead atoms. The molecule has 2 unspecified atom stereocenters. The number of aromatic nitrogens is 4. The zero-order valence-electron chi connectivity index (χ0n) is 29.5. The Labute approximate surface area is 303 Å². The Morgan fingerprint density at radius 2 is 1.50 bits per heavy atom. The minimum Gasteiger partial charge on any atom is -0.383 e. The number of carbonyl (C=O) groups excluding carboxylic acids is 1. The van der Waals surface area contributed by atoms with Crippen molar-refractivity contribution in [2.45, 2.75) is 30.9 Å². The van der Waals surface area contributed by atoms with Gasteiger partial charge in [0.05, 0.1) is 12.6 Å². The summed E-state index contributed by atoms with van der Waals surface area (Å²) in [6, 6.07) is 30.6. The largest absolute Gasteiger partial charge is 0.383 e. The van der Waals surface area contributed by atoms with Crippen molar-refractivity contribution in [1.82, 2.24) is 19.9 Å². The van der Waals surface area contributed by atoms with Crippen LogP contribution in [0.2, 0.25) is 0 Å². The number of carbonyl (C=O) groups is 1. The summed E-state index contributed by atoms with van der Waals surface area (Å²) in [5, 5.41) is 19.9. The van der Waals surface area contributed by atoms with Crippen LogP contribution in [0.15, 0.2) is 104 Å². The molecule has 0 saturated carbocycles. The van der Waals surface area contributed by atoms with Crippen LogP contribution in [0.4, 0.5) is 40.9 Å². The quantitative estimate of drug-likeness (QED) is 0.107. The third-order valence-electron chi connectivity index (χ3n) is 9.35. The van der Waals surface area contributed by atoms with Gasteiger partial charge in [-0.2, -0.15) is 19.9 Å². The number of hydrogen-bond donors (Lipinski definition) is 6. The van der Waals surface area contributed by atoms with Gasteiger partial charge in [0.15, 0.2) is 0 Å². The predicted molar refractivity (Wildman–Crippen MR) is 209 cm³/mol. The monoisotopic (exact) mass is 699 g/mol. The summed E-state index contributed by atoms with van der Waals surface area (Å²) in [6.07, 6.45) is 4.00. The number of benzene rings is 3. The van der Waals surface area contributed by atoms with Gasteiger partial charge in [-0.15, -0.1) is 0 Å². The number of hydrogen-bond acceptors (Lipinski definition) is 12. The summed E-state index contributed by atoms with van der Waals surface area (Å²) >= 11 is 0. The molecule has 2 atom stereocenters. The van der Waals surface area contributed by atoms with Crippen LogP contribution in [-0.2, 0) is 10.4 Å². The van der Waals surface area contributed by atoms with Gasteiger partial charge in [0.25, 0.3) is 0 Å². The third kappa shape index (κ3) is 8.22. The molecule has 13 nitrogen and oxygen atoms in total. The lowest BCUT2D eigenvalue weighted by atomic mass is 9.92. The minimum absolute atomic E-state index is 0.177. The molecule has 2 aliphatic rings. The average molecular weight is 700 g/mol. The standard InChI is InChI=1S/C21H23N5.C18H22N6O2/c1-23-19-14-20(25-21(22)24-19)26-13-5-8-18(26)17-11-9-16(10-12-17)15-6-3-2-4-7-15;1-3-16(25)21-13-6-4-5-12(9-13)18(26)7-8-24(11-18)15-10-14(20-2)22-17(19)23-15/h2-4,6-7,9-12,14,18H,5,8,13H2,1H3,(H3,22,23,24,25);3-6,9-10,26H,1,7-8,11H2,2H3,(H,21,25)(H3,19,20,22,23). The minimum atomic E-state index is -1.05. The highest BCUT2D eigenvalue weighted by Gasteiger charge is 2.38. The molecule has 7 rings (SSSR count). The molecule has 0 aliphatic carbocycles. The van der Waals surface area contributed by atoms with Crippen molar-refractivity contribution in [3.8, 4) is 11.1 Å². The normalized spacial score (nSPS) is 17.9. The van der Waals surface area contributed by atoms with E-state index >= 15 is 0 Å². The Kier molecular flexibility index (Phi) is 10.8. The number of nitrogens with two attached hydrogens (primary N) is 2. The fourth-order valence-electron chi connectivity index (χ4n) is 6.69. The first kappa shape index (κ1) is 35.6. The number of nitrogens with one attached hydrogen (secondary N) is 3. The second-order valence-electron chi connectivity index (χ2n) is 12.8. The molecule has 5 aromatic rings. The number of rotatable bonds is 9. The Balaban J connectivity index is 0.000000179. The highest BCUT2D eigenvalue weighted by molar-refractivity contribution is 5.98. The second kappa shape index (κ2) is 15.8. The molecule has 13 heteroatoms. The topological polar surface area (TPSA) is 183 Å². The number of nitrogens with zero attached hydrogens (tertiary/aromatic N) is 6. The molecule has 4 heterocycles. The van der Waals surface area contributed by atoms with Crippen LogP contribution in [0.25, 0.3) is 11.1 Å². The molecule has 0 spiro atoms. The molecule has 3 aromatic carbocycles. The lowest BCUT2D eigenvalue weighted by Crippen LogP contribution is -2.31. The number of aliphatic hydroxyl groups is 1. The highest BCUT2D eigenvalue weighted by atomic mass is 16.3. The molecule has 2 aliphatic heterocycles. The molecule has 8 N–H and O–H groups in total. The van der Waals surface area contributed by atoms with Gasteiger partial charge in [-0.3, -0.25) is 4.79 Å². The fourth-order valence-corrected chi connectivity index (χ4v) is 6.69. The second-order valence-corrected chi connectivity index (χ2v) is 12.8. The molecule has 1 amide bonds. The van der Waals surface area contributed by atoms with Crippen LogP contribution in [0.1, 0.15) is 36.4 Å². The van der Waals surface area contributed by atoms with Gasteiger partial charge in [-0.25, -0.2) is 0 Å². The maximum Gasteiger partial charge on any atom is 0.247 e. The fraction of sp³-hybridized carbons (Fsp3) is 0.256. The van der Waals surface area contributed by atoms with E-state index in [4.69, 9.17) is 11.5 Å². The van der Waals surface area contributed by atoms with Crippen molar-refractivity contribution in [2.75, 3.05) is 70.9 Å². The van der Waals surface area contributed by atoms with Crippen LogP contribution < -0.4 is 37.2 Å². The van der Waals surface area contributed by atoms with Gasteiger partial charge in [0, 0.05) is 45.0 Å². The van der Waals surface area contributed by atoms with E-state index in [-0.39, 0.29) is 11.9 Å². The lowest BCUT2D eigenvalue weighted by Gasteiger charge is -2.26. The zero-order valence-corrected chi connectivity index (χ0v) is 29.5. The Bertz CT molecular complexity index is 2010. The van der Waals surface area contributed by atoms with Gasteiger partial charge < -0.3 is 42.3 Å². The van der Waals surface area contributed by atoms with Crippen molar-refractivity contribution < 1.29 is 9.90 Å². The molecular formula is C39H45N11O2. The Morgan fingerprint density at radius 1 is 0.846 bits per heavy atom. The lowest BCUT2D eigenvalue weighted by molar-refractivity contribution is -0.111. The van der Waals surface area contributed by atoms with E-state index in [1.165, 1.54) is 22.8 Å². The Hall–Kier alpha value is -6.21. The van der Waals surface area contributed by atoms with Crippen molar-refractivity contribution in [3.05, 3.63) is 115 Å². The van der Waals surface area contributed by atoms with E-state index in [2.05, 4.69) is 95.9 Å². The summed E-state index contributed by atoms with van der Waals surface area (Å²) in [6.45, 7) is 5.41. The van der Waals surface area contributed by atoms with E-state index in [0.29, 0.717) is 48.8 Å². The van der Waals surface area contributed by atoms with Gasteiger partial charge in [0.2, 0.25) is 17.8 Å². The molecule has 2 aromatic heterocycles. The number of amides is 1. The smallest absolute Gasteiger partial charge is 0.247 e. The van der Waals surface area contributed by atoms with E-state index in [1.54, 1.807) is 31.3 Å². The number of anilines is 7. The molecule has 2 saturated heterocycles. The first-order valence-electron chi connectivity index (χ1n) is 17.3. The first-order valence-corrected chi connectivity index (χ1v) is 17.3. The van der Waals surface area contributed by atoms with Crippen molar-refractivity contribution in [2.24, 2.45) is 0 Å². The van der Waals surface area contributed by atoms with Gasteiger partial charge in [0.1, 0.15) is 28.9 Å². The third-order valence-corrected chi connectivity index (χ3v) is 9.35. The summed E-state index contributed by atoms with van der Waals surface area (Å²) in [5.74, 6) is 3.10. The summed E-state index contributed by atoms with van der Waals surface area (Å²) in [7, 11) is 3.60. The number of β-amino-alcohol motifs (C(OH)–C–C–N with tert-alkyl or cyclic N) is 1. The van der Waals surface area contributed by atoms with Crippen LogP contribution in [0, 0.1) is 0 Å². The maximum absolute atomic E-state index is 11.5.